The molecule has 1 aromatic heterocycles. The highest BCUT2D eigenvalue weighted by Crippen LogP contribution is 2.03. The molecule has 0 aliphatic heterocycles. The Hall–Kier alpha value is -1.09. The molecule has 0 aliphatic carbocycles. The highest BCUT2D eigenvalue weighted by molar-refractivity contribution is 5.75. The van der Waals surface area contributed by atoms with Crippen LogP contribution in [0.1, 0.15) is 31.9 Å². The molecule has 78 valence electrons. The van der Waals surface area contributed by atoms with E-state index in [0.29, 0.717) is 19.6 Å². The lowest BCUT2D eigenvalue weighted by atomic mass is 10.2. The van der Waals surface area contributed by atoms with E-state index in [1.807, 2.05) is 12.1 Å². The first-order chi connectivity index (χ1) is 6.79. The van der Waals surface area contributed by atoms with Crippen LogP contribution in [-0.4, -0.2) is 12.4 Å². The molecule has 14 heavy (non-hydrogen) atoms. The minimum atomic E-state index is 0.246. The molecular weight excluding hydrogens is 180 g/mol. The molecule has 0 fully saturated rings. The van der Waals surface area contributed by atoms with Crippen molar-refractivity contribution < 1.29 is 13.9 Å². The zero-order valence-electron chi connectivity index (χ0n) is 8.49. The summed E-state index contributed by atoms with van der Waals surface area (Å²) in [4.78, 5) is 10.6. The van der Waals surface area contributed by atoms with Crippen LogP contribution in [0.25, 0.3) is 0 Å². The normalized spacial score (nSPS) is 10.4. The van der Waals surface area contributed by atoms with Gasteiger partial charge in [0.05, 0.1) is 6.26 Å². The van der Waals surface area contributed by atoms with E-state index in [9.17, 15) is 4.79 Å². The maximum atomic E-state index is 10.6. The van der Waals surface area contributed by atoms with E-state index >= 15 is 0 Å². The summed E-state index contributed by atoms with van der Waals surface area (Å²) in [6.07, 6.45) is 4.13. The van der Waals surface area contributed by atoms with Crippen LogP contribution in [0, 0.1) is 0 Å². The van der Waals surface area contributed by atoms with E-state index in [1.165, 1.54) is 0 Å². The van der Waals surface area contributed by atoms with Gasteiger partial charge < -0.3 is 13.9 Å². The van der Waals surface area contributed by atoms with Crippen molar-refractivity contribution in [1.82, 2.24) is 0 Å². The zero-order valence-corrected chi connectivity index (χ0v) is 8.49. The molecule has 0 aliphatic rings. The lowest BCUT2D eigenvalue weighted by molar-refractivity contribution is -0.117. The Kier molecular flexibility index (Phi) is 5.00. The van der Waals surface area contributed by atoms with Crippen molar-refractivity contribution in [1.29, 1.82) is 0 Å². The minimum Gasteiger partial charge on any atom is -0.467 e. The summed E-state index contributed by atoms with van der Waals surface area (Å²) in [5.74, 6) is 1.09. The SMILES string of the molecule is CC(=O)CCCCOCc1ccco1. The monoisotopic (exact) mass is 196 g/mol. The molecule has 0 unspecified atom stereocenters. The average molecular weight is 196 g/mol. The number of carbonyl (C=O) groups is 1. The lowest BCUT2D eigenvalue weighted by Gasteiger charge is -2.00. The van der Waals surface area contributed by atoms with Crippen molar-refractivity contribution in [3.63, 3.8) is 0 Å². The number of hydrogen-bond acceptors (Lipinski definition) is 3. The van der Waals surface area contributed by atoms with Gasteiger partial charge in [-0.05, 0) is 31.9 Å². The van der Waals surface area contributed by atoms with Crippen molar-refractivity contribution in [2.45, 2.75) is 32.8 Å². The predicted octanol–water partition coefficient (Wildman–Crippen LogP) is 2.56. The first kappa shape index (κ1) is 11.0. The molecule has 0 aromatic carbocycles. The average Bonchev–Trinajstić information content (AvgIpc) is 2.63. The van der Waals surface area contributed by atoms with E-state index < -0.39 is 0 Å². The van der Waals surface area contributed by atoms with E-state index in [1.54, 1.807) is 13.2 Å². The number of unbranched alkanes of at least 4 members (excludes halogenated alkanes) is 1. The van der Waals surface area contributed by atoms with Crippen molar-refractivity contribution in [3.05, 3.63) is 24.2 Å². The molecule has 0 N–H and O–H groups in total. The van der Waals surface area contributed by atoms with Gasteiger partial charge in [0.25, 0.3) is 0 Å². The van der Waals surface area contributed by atoms with Gasteiger partial charge >= 0.3 is 0 Å². The smallest absolute Gasteiger partial charge is 0.129 e. The summed E-state index contributed by atoms with van der Waals surface area (Å²) >= 11 is 0. The van der Waals surface area contributed by atoms with Crippen LogP contribution in [0.2, 0.25) is 0 Å². The number of rotatable bonds is 7. The first-order valence-corrected chi connectivity index (χ1v) is 4.88. The fraction of sp³-hybridized carbons (Fsp3) is 0.545. The Morgan fingerprint density at radius 1 is 1.50 bits per heavy atom. The van der Waals surface area contributed by atoms with Gasteiger partial charge in [-0.2, -0.15) is 0 Å². The number of ether oxygens (including phenoxy) is 1. The third-order valence-electron chi connectivity index (χ3n) is 1.89. The first-order valence-electron chi connectivity index (χ1n) is 4.88. The second kappa shape index (κ2) is 6.38. The maximum Gasteiger partial charge on any atom is 0.129 e. The quantitative estimate of drug-likeness (QED) is 0.629. The van der Waals surface area contributed by atoms with Crippen LogP contribution in [-0.2, 0) is 16.1 Å². The van der Waals surface area contributed by atoms with E-state index in [4.69, 9.17) is 9.15 Å². The highest BCUT2D eigenvalue weighted by Gasteiger charge is 1.96. The molecule has 0 bridgehead atoms. The van der Waals surface area contributed by atoms with Crippen molar-refractivity contribution in [3.8, 4) is 0 Å². The lowest BCUT2D eigenvalue weighted by Crippen LogP contribution is -1.96. The Labute approximate surface area is 84.1 Å². The molecule has 1 aromatic rings. The molecule has 3 nitrogen and oxygen atoms in total. The Morgan fingerprint density at radius 2 is 2.36 bits per heavy atom. The van der Waals surface area contributed by atoms with Crippen LogP contribution in [0.3, 0.4) is 0 Å². The van der Waals surface area contributed by atoms with Gasteiger partial charge in [0.15, 0.2) is 0 Å². The second-order valence-electron chi connectivity index (χ2n) is 3.29. The maximum absolute atomic E-state index is 10.6. The summed E-state index contributed by atoms with van der Waals surface area (Å²) < 4.78 is 10.5. The molecule has 0 spiro atoms. The van der Waals surface area contributed by atoms with Crippen LogP contribution >= 0.6 is 0 Å². The van der Waals surface area contributed by atoms with E-state index in [0.717, 1.165) is 18.6 Å². The molecule has 0 saturated heterocycles. The fourth-order valence-electron chi connectivity index (χ4n) is 1.15. The molecule has 0 atom stereocenters. The second-order valence-corrected chi connectivity index (χ2v) is 3.29. The Balaban J connectivity index is 1.92. The van der Waals surface area contributed by atoms with Crippen LogP contribution < -0.4 is 0 Å². The number of carbonyl (C=O) groups excluding carboxylic acids is 1. The van der Waals surface area contributed by atoms with Crippen LogP contribution in [0.4, 0.5) is 0 Å². The standard InChI is InChI=1S/C11H16O3/c1-10(12)5-2-3-7-13-9-11-6-4-8-14-11/h4,6,8H,2-3,5,7,9H2,1H3. The molecule has 3 heteroatoms. The topological polar surface area (TPSA) is 39.4 Å². The Morgan fingerprint density at radius 3 is 3.00 bits per heavy atom. The molecule has 0 amide bonds. The predicted molar refractivity (Wildman–Crippen MR) is 52.9 cm³/mol. The number of Topliss-reactive ketones (excluding diaryl/α,β-unsaturated/α-hetero) is 1. The third-order valence-corrected chi connectivity index (χ3v) is 1.89. The number of ketones is 1. The number of hydrogen-bond donors (Lipinski definition) is 0. The van der Waals surface area contributed by atoms with E-state index in [-0.39, 0.29) is 5.78 Å². The van der Waals surface area contributed by atoms with Gasteiger partial charge in [0.1, 0.15) is 18.2 Å². The summed E-state index contributed by atoms with van der Waals surface area (Å²) in [6, 6.07) is 3.73. The van der Waals surface area contributed by atoms with Crippen molar-refractivity contribution >= 4 is 5.78 Å². The summed E-state index contributed by atoms with van der Waals surface area (Å²) in [6.45, 7) is 2.82. The zero-order chi connectivity index (χ0) is 10.2. The van der Waals surface area contributed by atoms with Gasteiger partial charge in [0.2, 0.25) is 0 Å². The molecular formula is C11H16O3. The van der Waals surface area contributed by atoms with Gasteiger partial charge in [-0.25, -0.2) is 0 Å². The summed E-state index contributed by atoms with van der Waals surface area (Å²) in [7, 11) is 0. The van der Waals surface area contributed by atoms with Gasteiger partial charge in [0, 0.05) is 13.0 Å². The van der Waals surface area contributed by atoms with Crippen molar-refractivity contribution in [2.24, 2.45) is 0 Å². The van der Waals surface area contributed by atoms with Gasteiger partial charge in [-0.3, -0.25) is 0 Å². The summed E-state index contributed by atoms with van der Waals surface area (Å²) in [5.41, 5.74) is 0. The largest absolute Gasteiger partial charge is 0.467 e. The van der Waals surface area contributed by atoms with Crippen molar-refractivity contribution in [2.75, 3.05) is 6.61 Å². The Bertz CT molecular complexity index is 252. The summed E-state index contributed by atoms with van der Waals surface area (Å²) in [5, 5.41) is 0. The minimum absolute atomic E-state index is 0.246. The fourth-order valence-corrected chi connectivity index (χ4v) is 1.15. The highest BCUT2D eigenvalue weighted by atomic mass is 16.5. The third kappa shape index (κ3) is 4.82. The number of furan rings is 1. The van der Waals surface area contributed by atoms with Crippen LogP contribution in [0.5, 0.6) is 0 Å². The van der Waals surface area contributed by atoms with Crippen LogP contribution in [0.15, 0.2) is 22.8 Å². The molecule has 0 radical (unpaired) electrons. The van der Waals surface area contributed by atoms with E-state index in [2.05, 4.69) is 0 Å². The molecule has 1 rings (SSSR count). The van der Waals surface area contributed by atoms with Gasteiger partial charge in [-0.1, -0.05) is 0 Å². The molecule has 0 saturated carbocycles. The van der Waals surface area contributed by atoms with Gasteiger partial charge in [-0.15, -0.1) is 0 Å². The molecule has 1 heterocycles.